The van der Waals surface area contributed by atoms with Crippen LogP contribution < -0.4 is 51.4 Å². The van der Waals surface area contributed by atoms with Crippen molar-refractivity contribution in [1.82, 2.24) is 0 Å². The third-order valence-electron chi connectivity index (χ3n) is 6.13. The number of rotatable bonds is 24. The smallest absolute Gasteiger partial charge is 0.726 e. The van der Waals surface area contributed by atoms with Crippen LogP contribution >= 0.6 is 0 Å². The van der Waals surface area contributed by atoms with Gasteiger partial charge in [0, 0.05) is 0 Å². The molecular weight excluding hydrogens is 435 g/mol. The maximum atomic E-state index is 10.8. The van der Waals surface area contributed by atoms with Gasteiger partial charge in [-0.25, -0.2) is 8.42 Å². The van der Waals surface area contributed by atoms with Gasteiger partial charge < -0.3 is 4.55 Å². The van der Waals surface area contributed by atoms with E-state index in [4.69, 9.17) is 0 Å². The molecule has 0 aliphatic heterocycles. The third-order valence-corrected chi connectivity index (χ3v) is 6.55. The number of unbranched alkanes of at least 4 members (excludes halogenated alkanes) is 17. The van der Waals surface area contributed by atoms with Gasteiger partial charge in [0.05, 0.1) is 6.61 Å². The van der Waals surface area contributed by atoms with Crippen LogP contribution in [0, 0.1) is 5.92 Å². The zero-order chi connectivity index (χ0) is 22.3. The average molecular weight is 487 g/mol. The molecule has 1 atom stereocenters. The van der Waals surface area contributed by atoms with Crippen LogP contribution in [-0.2, 0) is 14.6 Å². The van der Waals surface area contributed by atoms with Gasteiger partial charge in [0.15, 0.2) is 0 Å². The molecule has 0 spiro atoms. The van der Waals surface area contributed by atoms with Crippen LogP contribution in [0.5, 0.6) is 0 Å². The van der Waals surface area contributed by atoms with E-state index in [9.17, 15) is 13.0 Å². The molecule has 0 aromatic heterocycles. The van der Waals surface area contributed by atoms with Crippen molar-refractivity contribution >= 4 is 10.4 Å². The van der Waals surface area contributed by atoms with Crippen LogP contribution in [0.1, 0.15) is 149 Å². The Balaban J connectivity index is 0. The SMILES string of the molecule is CCCCCCCCCCCCCCC(CCCCCCCCC)COS(=O)(=O)[O-].[K+]. The van der Waals surface area contributed by atoms with Gasteiger partial charge in [-0.3, -0.25) is 4.18 Å². The van der Waals surface area contributed by atoms with E-state index in [-0.39, 0.29) is 63.9 Å². The quantitative estimate of drug-likeness (QED) is 0.0802. The van der Waals surface area contributed by atoms with Crippen LogP contribution in [0.15, 0.2) is 0 Å². The van der Waals surface area contributed by atoms with Gasteiger partial charge in [-0.2, -0.15) is 0 Å². The molecule has 0 radical (unpaired) electrons. The van der Waals surface area contributed by atoms with Crippen LogP contribution in [0.3, 0.4) is 0 Å². The van der Waals surface area contributed by atoms with E-state index in [1.165, 1.54) is 109 Å². The molecule has 0 saturated heterocycles. The molecule has 0 aliphatic rings. The summed E-state index contributed by atoms with van der Waals surface area (Å²) in [5.74, 6) is 0.201. The van der Waals surface area contributed by atoms with Crippen LogP contribution in [0.4, 0.5) is 0 Å². The van der Waals surface area contributed by atoms with E-state index in [1.807, 2.05) is 0 Å². The second-order valence-corrected chi connectivity index (χ2v) is 10.2. The summed E-state index contributed by atoms with van der Waals surface area (Å²) >= 11 is 0. The molecule has 0 rings (SSSR count). The number of hydrogen-bond donors (Lipinski definition) is 0. The summed E-state index contributed by atoms with van der Waals surface area (Å²) in [7, 11) is -4.57. The Morgan fingerprint density at radius 3 is 1.16 bits per heavy atom. The topological polar surface area (TPSA) is 66.4 Å². The summed E-state index contributed by atoms with van der Waals surface area (Å²) in [4.78, 5) is 0. The van der Waals surface area contributed by atoms with Gasteiger partial charge in [-0.15, -0.1) is 0 Å². The van der Waals surface area contributed by atoms with Gasteiger partial charge in [0.1, 0.15) is 0 Å². The first kappa shape index (κ1) is 34.7. The summed E-state index contributed by atoms with van der Waals surface area (Å²) in [6.45, 7) is 4.56. The first-order valence-electron chi connectivity index (χ1n) is 13.1. The standard InChI is InChI=1S/C25H52O4S.K/c1-3-5-7-9-11-12-13-14-15-17-19-21-23-25(24-29-30(26,27)28)22-20-18-16-10-8-6-4-2;/h25H,3-24H2,1-2H3,(H,26,27,28);/q;+1/p-1. The fourth-order valence-corrected chi connectivity index (χ4v) is 4.51. The molecule has 0 aliphatic carbocycles. The predicted octanol–water partition coefficient (Wildman–Crippen LogP) is 5.32. The van der Waals surface area contributed by atoms with Crippen molar-refractivity contribution in [3.63, 3.8) is 0 Å². The first-order chi connectivity index (χ1) is 14.5. The minimum absolute atomic E-state index is 0. The maximum Gasteiger partial charge on any atom is 1.00 e. The van der Waals surface area contributed by atoms with Crippen molar-refractivity contribution in [1.29, 1.82) is 0 Å². The fourth-order valence-electron chi connectivity index (χ4n) is 4.15. The molecule has 0 bridgehead atoms. The van der Waals surface area contributed by atoms with Crippen LogP contribution in [0.2, 0.25) is 0 Å². The minimum atomic E-state index is -4.57. The minimum Gasteiger partial charge on any atom is -0.726 e. The van der Waals surface area contributed by atoms with Crippen molar-refractivity contribution in [3.8, 4) is 0 Å². The summed E-state index contributed by atoms with van der Waals surface area (Å²) in [6.07, 6.45) is 26.6. The molecule has 182 valence electrons. The Hall–Kier alpha value is 1.51. The first-order valence-corrected chi connectivity index (χ1v) is 14.4. The fraction of sp³-hybridized carbons (Fsp3) is 1.00. The Bertz CT molecular complexity index is 443. The second-order valence-electron chi connectivity index (χ2n) is 9.15. The Morgan fingerprint density at radius 2 is 0.871 bits per heavy atom. The van der Waals surface area contributed by atoms with Crippen LogP contribution in [0.25, 0.3) is 0 Å². The van der Waals surface area contributed by atoms with Crippen molar-refractivity contribution in [3.05, 3.63) is 0 Å². The summed E-state index contributed by atoms with van der Waals surface area (Å²) in [5, 5.41) is 0. The molecule has 1 unspecified atom stereocenters. The summed E-state index contributed by atoms with van der Waals surface area (Å²) < 4.78 is 37.0. The summed E-state index contributed by atoms with van der Waals surface area (Å²) in [5.41, 5.74) is 0. The van der Waals surface area contributed by atoms with Gasteiger partial charge in [0.2, 0.25) is 10.4 Å². The van der Waals surface area contributed by atoms with E-state index < -0.39 is 10.4 Å². The maximum absolute atomic E-state index is 10.8. The van der Waals surface area contributed by atoms with Crippen molar-refractivity contribution in [2.75, 3.05) is 6.61 Å². The Labute approximate surface area is 237 Å². The monoisotopic (exact) mass is 486 g/mol. The molecule has 0 amide bonds. The van der Waals surface area contributed by atoms with Gasteiger partial charge in [-0.05, 0) is 18.8 Å². The molecule has 6 heteroatoms. The van der Waals surface area contributed by atoms with Crippen LogP contribution in [-0.4, -0.2) is 19.6 Å². The molecular formula is C25H51KO4S. The Kier molecular flexibility index (Phi) is 29.2. The zero-order valence-corrected chi connectivity index (χ0v) is 25.1. The molecule has 0 saturated carbocycles. The third kappa shape index (κ3) is 29.5. The molecule has 0 aromatic rings. The van der Waals surface area contributed by atoms with Gasteiger partial charge >= 0.3 is 51.4 Å². The van der Waals surface area contributed by atoms with Crippen molar-refractivity contribution in [2.45, 2.75) is 149 Å². The van der Waals surface area contributed by atoms with E-state index in [1.54, 1.807) is 0 Å². The van der Waals surface area contributed by atoms with Crippen molar-refractivity contribution < 1.29 is 68.5 Å². The van der Waals surface area contributed by atoms with E-state index in [2.05, 4.69) is 18.0 Å². The van der Waals surface area contributed by atoms with E-state index in [0.29, 0.717) is 0 Å². The largest absolute Gasteiger partial charge is 1.00 e. The number of hydrogen-bond acceptors (Lipinski definition) is 4. The predicted molar refractivity (Wildman–Crippen MR) is 127 cm³/mol. The normalized spacial score (nSPS) is 12.6. The molecule has 0 N–H and O–H groups in total. The van der Waals surface area contributed by atoms with E-state index in [0.717, 1.165) is 25.7 Å². The molecule has 31 heavy (non-hydrogen) atoms. The van der Waals surface area contributed by atoms with E-state index >= 15 is 0 Å². The Morgan fingerprint density at radius 1 is 0.581 bits per heavy atom. The van der Waals surface area contributed by atoms with Gasteiger partial charge in [0.25, 0.3) is 0 Å². The molecule has 0 fully saturated rings. The molecule has 0 aromatic carbocycles. The van der Waals surface area contributed by atoms with Crippen molar-refractivity contribution in [2.24, 2.45) is 5.92 Å². The second kappa shape index (κ2) is 26.1. The average Bonchev–Trinajstić information content (AvgIpc) is 2.70. The van der Waals surface area contributed by atoms with Gasteiger partial charge in [-0.1, -0.05) is 136 Å². The zero-order valence-electron chi connectivity index (χ0n) is 21.2. The molecule has 4 nitrogen and oxygen atoms in total. The summed E-state index contributed by atoms with van der Waals surface area (Å²) in [6, 6.07) is 0. The molecule has 0 heterocycles.